The largest absolute Gasteiger partial charge is 0.384 e. The molecule has 0 aliphatic rings. The number of nitro groups is 1. The molecule has 0 radical (unpaired) electrons. The van der Waals surface area contributed by atoms with Crippen LogP contribution in [0.1, 0.15) is 11.3 Å². The zero-order valence-corrected chi connectivity index (χ0v) is 12.1. The van der Waals surface area contributed by atoms with Gasteiger partial charge < -0.3 is 9.72 Å². The Kier molecular flexibility index (Phi) is 3.89. The smallest absolute Gasteiger partial charge is 0.270 e. The van der Waals surface area contributed by atoms with Crippen LogP contribution in [-0.2, 0) is 6.42 Å². The van der Waals surface area contributed by atoms with Crippen LogP contribution in [-0.4, -0.2) is 20.9 Å². The number of benzene rings is 1. The number of non-ortho nitro benzene ring substituents is 1. The molecule has 0 bridgehead atoms. The van der Waals surface area contributed by atoms with Gasteiger partial charge in [-0.15, -0.1) is 0 Å². The molecule has 2 heterocycles. The van der Waals surface area contributed by atoms with Gasteiger partial charge in [0, 0.05) is 37.5 Å². The van der Waals surface area contributed by atoms with Gasteiger partial charge in [0.05, 0.1) is 21.9 Å². The van der Waals surface area contributed by atoms with E-state index < -0.39 is 4.92 Å². The summed E-state index contributed by atoms with van der Waals surface area (Å²) in [6.45, 7) is 0.580. The van der Waals surface area contributed by atoms with Crippen molar-refractivity contribution in [2.75, 3.05) is 11.9 Å². The molecule has 0 saturated heterocycles. The zero-order valence-electron chi connectivity index (χ0n) is 12.1. The molecule has 23 heavy (non-hydrogen) atoms. The monoisotopic (exact) mass is 307 g/mol. The predicted molar refractivity (Wildman–Crippen MR) is 85.2 cm³/mol. The van der Waals surface area contributed by atoms with Gasteiger partial charge in [-0.1, -0.05) is 6.07 Å². The van der Waals surface area contributed by atoms with E-state index in [1.807, 2.05) is 41.1 Å². The molecule has 0 saturated carbocycles. The molecule has 0 aliphatic carbocycles. The topological polar surface area (TPSA) is 96.3 Å². The van der Waals surface area contributed by atoms with Crippen molar-refractivity contribution in [3.8, 4) is 6.07 Å². The number of nitro benzene ring substituents is 1. The second kappa shape index (κ2) is 6.15. The number of nitrogens with one attached hydrogen (secondary N) is 1. The van der Waals surface area contributed by atoms with Crippen molar-refractivity contribution < 1.29 is 4.92 Å². The van der Waals surface area contributed by atoms with Gasteiger partial charge >= 0.3 is 0 Å². The average molecular weight is 307 g/mol. The zero-order chi connectivity index (χ0) is 16.2. The highest BCUT2D eigenvalue weighted by Gasteiger charge is 2.10. The Morgan fingerprint density at radius 1 is 1.35 bits per heavy atom. The minimum absolute atomic E-state index is 0.0903. The Bertz CT molecular complexity index is 877. The first kappa shape index (κ1) is 14.5. The molecule has 0 atom stereocenters. The Balaban J connectivity index is 1.68. The van der Waals surface area contributed by atoms with E-state index in [2.05, 4.69) is 10.3 Å². The Morgan fingerprint density at radius 2 is 2.22 bits per heavy atom. The molecular weight excluding hydrogens is 294 g/mol. The Hall–Kier alpha value is -3.40. The summed E-state index contributed by atoms with van der Waals surface area (Å²) in [4.78, 5) is 14.7. The number of hydrogen-bond acceptors (Lipinski definition) is 5. The number of aromatic nitrogens is 2. The van der Waals surface area contributed by atoms with Crippen molar-refractivity contribution in [1.29, 1.82) is 5.26 Å². The summed E-state index contributed by atoms with van der Waals surface area (Å²) in [5.41, 5.74) is 2.57. The molecule has 1 N–H and O–H groups in total. The van der Waals surface area contributed by atoms with Crippen LogP contribution < -0.4 is 5.32 Å². The fraction of sp³-hybridized carbons (Fsp3) is 0.125. The number of imidazole rings is 1. The van der Waals surface area contributed by atoms with E-state index in [-0.39, 0.29) is 11.3 Å². The first-order valence-corrected chi connectivity index (χ1v) is 7.02. The van der Waals surface area contributed by atoms with Gasteiger partial charge in [-0.3, -0.25) is 10.1 Å². The standard InChI is InChI=1S/C16H13N5O2/c17-10-12-9-14(21(22)23)4-5-15(12)18-7-6-13-11-20-8-2-1-3-16(20)19-13/h1-5,8-9,11,18H,6-7H2. The van der Waals surface area contributed by atoms with Crippen molar-refractivity contribution in [2.45, 2.75) is 6.42 Å². The van der Waals surface area contributed by atoms with Gasteiger partial charge in [-0.25, -0.2) is 4.98 Å². The quantitative estimate of drug-likeness (QED) is 0.577. The molecule has 1 aromatic carbocycles. The highest BCUT2D eigenvalue weighted by molar-refractivity contribution is 5.61. The van der Waals surface area contributed by atoms with E-state index in [4.69, 9.17) is 5.26 Å². The summed E-state index contributed by atoms with van der Waals surface area (Å²) in [7, 11) is 0. The number of rotatable bonds is 5. The lowest BCUT2D eigenvalue weighted by molar-refractivity contribution is -0.384. The van der Waals surface area contributed by atoms with Gasteiger partial charge in [0.2, 0.25) is 0 Å². The van der Waals surface area contributed by atoms with Gasteiger partial charge in [0.25, 0.3) is 5.69 Å². The summed E-state index contributed by atoms with van der Waals surface area (Å²) in [5.74, 6) is 0. The van der Waals surface area contributed by atoms with Crippen LogP contribution in [0.25, 0.3) is 5.65 Å². The third kappa shape index (κ3) is 3.11. The molecular formula is C16H13N5O2. The van der Waals surface area contributed by atoms with E-state index in [0.29, 0.717) is 18.7 Å². The van der Waals surface area contributed by atoms with Crippen molar-refractivity contribution in [2.24, 2.45) is 0 Å². The minimum Gasteiger partial charge on any atom is -0.384 e. The summed E-state index contributed by atoms with van der Waals surface area (Å²) in [6.07, 6.45) is 4.57. The number of pyridine rings is 1. The maximum absolute atomic E-state index is 10.7. The van der Waals surface area contributed by atoms with Crippen LogP contribution in [0.15, 0.2) is 48.8 Å². The molecule has 0 aliphatic heterocycles. The van der Waals surface area contributed by atoms with Crippen LogP contribution in [0.2, 0.25) is 0 Å². The fourth-order valence-corrected chi connectivity index (χ4v) is 2.33. The highest BCUT2D eigenvalue weighted by atomic mass is 16.6. The number of hydrogen-bond donors (Lipinski definition) is 1. The van der Waals surface area contributed by atoms with Gasteiger partial charge in [-0.05, 0) is 18.2 Å². The van der Waals surface area contributed by atoms with Crippen LogP contribution >= 0.6 is 0 Å². The van der Waals surface area contributed by atoms with Crippen molar-refractivity contribution >= 4 is 17.0 Å². The van der Waals surface area contributed by atoms with E-state index in [1.54, 1.807) is 6.07 Å². The van der Waals surface area contributed by atoms with E-state index in [1.165, 1.54) is 12.1 Å². The lowest BCUT2D eigenvalue weighted by Gasteiger charge is -2.06. The van der Waals surface area contributed by atoms with Gasteiger partial charge in [0.1, 0.15) is 11.7 Å². The summed E-state index contributed by atoms with van der Waals surface area (Å²) in [5, 5.41) is 23.0. The molecule has 0 unspecified atom stereocenters. The van der Waals surface area contributed by atoms with Crippen LogP contribution in [0.3, 0.4) is 0 Å². The summed E-state index contributed by atoms with van der Waals surface area (Å²) in [6, 6.07) is 12.0. The van der Waals surface area contributed by atoms with Crippen LogP contribution in [0.4, 0.5) is 11.4 Å². The second-order valence-electron chi connectivity index (χ2n) is 4.97. The molecule has 7 heteroatoms. The van der Waals surface area contributed by atoms with Crippen molar-refractivity contribution in [3.05, 3.63) is 70.2 Å². The fourth-order valence-electron chi connectivity index (χ4n) is 2.33. The number of nitrogens with zero attached hydrogens (tertiary/aromatic N) is 4. The lowest BCUT2D eigenvalue weighted by atomic mass is 10.1. The van der Waals surface area contributed by atoms with Crippen molar-refractivity contribution in [3.63, 3.8) is 0 Å². The van der Waals surface area contributed by atoms with Crippen molar-refractivity contribution in [1.82, 2.24) is 9.38 Å². The van der Waals surface area contributed by atoms with E-state index in [9.17, 15) is 10.1 Å². The molecule has 0 spiro atoms. The maximum Gasteiger partial charge on any atom is 0.270 e. The highest BCUT2D eigenvalue weighted by Crippen LogP contribution is 2.21. The minimum atomic E-state index is -0.513. The number of anilines is 1. The Labute approximate surface area is 132 Å². The second-order valence-corrected chi connectivity index (χ2v) is 4.97. The molecule has 3 aromatic rings. The molecule has 0 fully saturated rings. The molecule has 2 aromatic heterocycles. The van der Waals surface area contributed by atoms with Gasteiger partial charge in [0.15, 0.2) is 0 Å². The first-order valence-electron chi connectivity index (χ1n) is 7.02. The number of fused-ring (bicyclic) bond motifs is 1. The molecule has 7 nitrogen and oxygen atoms in total. The molecule has 3 rings (SSSR count). The Morgan fingerprint density at radius 3 is 2.96 bits per heavy atom. The normalized spacial score (nSPS) is 10.4. The van der Waals surface area contributed by atoms with E-state index >= 15 is 0 Å². The summed E-state index contributed by atoms with van der Waals surface area (Å²) >= 11 is 0. The predicted octanol–water partition coefficient (Wildman–Crippen LogP) is 2.77. The summed E-state index contributed by atoms with van der Waals surface area (Å²) < 4.78 is 1.95. The third-order valence-corrected chi connectivity index (χ3v) is 3.44. The SMILES string of the molecule is N#Cc1cc([N+](=O)[O-])ccc1NCCc1cn2ccccc2n1. The number of nitriles is 1. The third-order valence-electron chi connectivity index (χ3n) is 3.44. The van der Waals surface area contributed by atoms with Crippen LogP contribution in [0, 0.1) is 21.4 Å². The van der Waals surface area contributed by atoms with Crippen LogP contribution in [0.5, 0.6) is 0 Å². The lowest BCUT2D eigenvalue weighted by Crippen LogP contribution is -2.06. The maximum atomic E-state index is 10.7. The molecule has 0 amide bonds. The molecule has 114 valence electrons. The first-order chi connectivity index (χ1) is 11.2. The van der Waals surface area contributed by atoms with Gasteiger partial charge in [-0.2, -0.15) is 5.26 Å². The van der Waals surface area contributed by atoms with E-state index in [0.717, 1.165) is 11.3 Å². The average Bonchev–Trinajstić information content (AvgIpc) is 2.97.